The molecule has 2 rings (SSSR count). The van der Waals surface area contributed by atoms with Crippen molar-refractivity contribution in [3.8, 4) is 0 Å². The van der Waals surface area contributed by atoms with Gasteiger partial charge in [0.2, 0.25) is 0 Å². The lowest BCUT2D eigenvalue weighted by Gasteiger charge is -2.27. The molecular weight excluding hydrogens is 162 g/mol. The van der Waals surface area contributed by atoms with Crippen molar-refractivity contribution < 1.29 is 0 Å². The smallest absolute Gasteiger partial charge is 0.0952 e. The van der Waals surface area contributed by atoms with Gasteiger partial charge in [0.05, 0.1) is 17.7 Å². The van der Waals surface area contributed by atoms with Crippen molar-refractivity contribution in [1.29, 1.82) is 0 Å². The van der Waals surface area contributed by atoms with Gasteiger partial charge in [0.15, 0.2) is 0 Å². The Kier molecular flexibility index (Phi) is 2.36. The van der Waals surface area contributed by atoms with Gasteiger partial charge in [-0.05, 0) is 19.9 Å². The zero-order valence-electron chi connectivity index (χ0n) is 8.45. The normalized spacial score (nSPS) is 17.4. The van der Waals surface area contributed by atoms with E-state index < -0.39 is 0 Å². The van der Waals surface area contributed by atoms with Crippen LogP contribution in [-0.4, -0.2) is 27.5 Å². The number of hydrogen-bond acceptors (Lipinski definition) is 2. The molecule has 0 fully saturated rings. The number of rotatable bonds is 2. The van der Waals surface area contributed by atoms with Crippen LogP contribution in [0.5, 0.6) is 0 Å². The topological polar surface area (TPSA) is 21.1 Å². The van der Waals surface area contributed by atoms with Crippen LogP contribution in [0.1, 0.15) is 24.7 Å². The van der Waals surface area contributed by atoms with E-state index in [-0.39, 0.29) is 0 Å². The lowest BCUT2D eigenvalue weighted by molar-refractivity contribution is 0.221. The van der Waals surface area contributed by atoms with Crippen molar-refractivity contribution >= 4 is 0 Å². The molecule has 3 heteroatoms. The molecule has 0 unspecified atom stereocenters. The second-order valence-electron chi connectivity index (χ2n) is 3.75. The van der Waals surface area contributed by atoms with Crippen molar-refractivity contribution in [2.45, 2.75) is 33.4 Å². The molecule has 0 saturated carbocycles. The number of aromatic nitrogens is 2. The van der Waals surface area contributed by atoms with Crippen LogP contribution in [0.4, 0.5) is 0 Å². The monoisotopic (exact) mass is 179 g/mol. The minimum absolute atomic E-state index is 1.08. The predicted octanol–water partition coefficient (Wildman–Crippen LogP) is 1.42. The summed E-state index contributed by atoms with van der Waals surface area (Å²) in [6.45, 7) is 8.91. The summed E-state index contributed by atoms with van der Waals surface area (Å²) in [5.41, 5.74) is 2.60. The highest BCUT2D eigenvalue weighted by molar-refractivity contribution is 5.12. The molecule has 1 aliphatic heterocycles. The predicted molar refractivity (Wildman–Crippen MR) is 52.5 cm³/mol. The Bertz CT molecular complexity index is 290. The van der Waals surface area contributed by atoms with E-state index in [9.17, 15) is 0 Å². The van der Waals surface area contributed by atoms with Gasteiger partial charge in [-0.1, -0.05) is 6.92 Å². The highest BCUT2D eigenvalue weighted by Crippen LogP contribution is 2.15. The number of fused-ring (bicyclic) bond motifs is 1. The maximum absolute atomic E-state index is 4.33. The molecule has 1 aromatic heterocycles. The summed E-state index contributed by atoms with van der Waals surface area (Å²) in [5.74, 6) is 0. The minimum Gasteiger partial charge on any atom is -0.332 e. The Labute approximate surface area is 79.4 Å². The van der Waals surface area contributed by atoms with E-state index >= 15 is 0 Å². The lowest BCUT2D eigenvalue weighted by Crippen LogP contribution is -2.33. The summed E-state index contributed by atoms with van der Waals surface area (Å²) in [7, 11) is 0. The Morgan fingerprint density at radius 3 is 3.08 bits per heavy atom. The molecule has 0 bridgehead atoms. The molecule has 0 N–H and O–H groups in total. The zero-order valence-corrected chi connectivity index (χ0v) is 8.45. The van der Waals surface area contributed by atoms with Crippen molar-refractivity contribution in [2.24, 2.45) is 0 Å². The molecule has 0 aromatic carbocycles. The van der Waals surface area contributed by atoms with E-state index in [2.05, 4.69) is 28.3 Å². The fourth-order valence-corrected chi connectivity index (χ4v) is 1.95. The first-order chi connectivity index (χ1) is 6.31. The molecule has 1 aliphatic rings. The Balaban J connectivity index is 2.13. The van der Waals surface area contributed by atoms with Gasteiger partial charge < -0.3 is 4.57 Å². The Morgan fingerprint density at radius 1 is 1.46 bits per heavy atom. The SMILES string of the molecule is CCCN1CCn2cnc(C)c2C1. The van der Waals surface area contributed by atoms with Gasteiger partial charge in [-0.2, -0.15) is 0 Å². The summed E-state index contributed by atoms with van der Waals surface area (Å²) in [6.07, 6.45) is 3.21. The number of hydrogen-bond donors (Lipinski definition) is 0. The first-order valence-corrected chi connectivity index (χ1v) is 5.04. The van der Waals surface area contributed by atoms with Gasteiger partial charge in [0.1, 0.15) is 0 Å². The summed E-state index contributed by atoms with van der Waals surface area (Å²) >= 11 is 0. The molecule has 72 valence electrons. The number of imidazole rings is 1. The first-order valence-electron chi connectivity index (χ1n) is 5.04. The number of aryl methyl sites for hydroxylation is 1. The van der Waals surface area contributed by atoms with Crippen LogP contribution < -0.4 is 0 Å². The van der Waals surface area contributed by atoms with Crippen molar-refractivity contribution in [3.63, 3.8) is 0 Å². The third-order valence-corrected chi connectivity index (χ3v) is 2.73. The van der Waals surface area contributed by atoms with Gasteiger partial charge in [-0.25, -0.2) is 4.98 Å². The molecule has 0 atom stereocenters. The van der Waals surface area contributed by atoms with Crippen LogP contribution in [0.15, 0.2) is 6.33 Å². The van der Waals surface area contributed by atoms with E-state index in [1.54, 1.807) is 0 Å². The third kappa shape index (κ3) is 1.61. The second-order valence-corrected chi connectivity index (χ2v) is 3.75. The van der Waals surface area contributed by atoms with Crippen LogP contribution in [0.25, 0.3) is 0 Å². The molecule has 0 spiro atoms. The van der Waals surface area contributed by atoms with E-state index in [1.165, 1.54) is 30.9 Å². The lowest BCUT2D eigenvalue weighted by atomic mass is 10.2. The van der Waals surface area contributed by atoms with Crippen LogP contribution in [0, 0.1) is 6.92 Å². The fraction of sp³-hybridized carbons (Fsp3) is 0.700. The highest BCUT2D eigenvalue weighted by Gasteiger charge is 2.16. The average molecular weight is 179 g/mol. The molecular formula is C10H17N3. The fourth-order valence-electron chi connectivity index (χ4n) is 1.95. The third-order valence-electron chi connectivity index (χ3n) is 2.73. The first kappa shape index (κ1) is 8.75. The standard InChI is InChI=1S/C10H17N3/c1-3-4-12-5-6-13-8-11-9(2)10(13)7-12/h8H,3-7H2,1-2H3. The highest BCUT2D eigenvalue weighted by atomic mass is 15.2. The average Bonchev–Trinajstić information content (AvgIpc) is 2.49. The maximum Gasteiger partial charge on any atom is 0.0952 e. The minimum atomic E-state index is 1.08. The molecule has 13 heavy (non-hydrogen) atoms. The molecule has 3 nitrogen and oxygen atoms in total. The van der Waals surface area contributed by atoms with Gasteiger partial charge in [0.25, 0.3) is 0 Å². The van der Waals surface area contributed by atoms with Gasteiger partial charge in [0, 0.05) is 19.6 Å². The Morgan fingerprint density at radius 2 is 2.31 bits per heavy atom. The quantitative estimate of drug-likeness (QED) is 0.684. The van der Waals surface area contributed by atoms with Gasteiger partial charge >= 0.3 is 0 Å². The second kappa shape index (κ2) is 3.50. The molecule has 0 amide bonds. The number of nitrogens with zero attached hydrogens (tertiary/aromatic N) is 3. The van der Waals surface area contributed by atoms with Crippen LogP contribution in [-0.2, 0) is 13.1 Å². The van der Waals surface area contributed by atoms with Gasteiger partial charge in [-0.3, -0.25) is 4.90 Å². The van der Waals surface area contributed by atoms with E-state index in [0.29, 0.717) is 0 Å². The summed E-state index contributed by atoms with van der Waals surface area (Å²) in [5, 5.41) is 0. The molecule has 0 aliphatic carbocycles. The molecule has 0 radical (unpaired) electrons. The van der Waals surface area contributed by atoms with Crippen molar-refractivity contribution in [3.05, 3.63) is 17.7 Å². The van der Waals surface area contributed by atoms with E-state index in [0.717, 1.165) is 13.1 Å². The largest absolute Gasteiger partial charge is 0.332 e. The van der Waals surface area contributed by atoms with Gasteiger partial charge in [-0.15, -0.1) is 0 Å². The van der Waals surface area contributed by atoms with E-state index in [4.69, 9.17) is 0 Å². The van der Waals surface area contributed by atoms with E-state index in [1.807, 2.05) is 6.33 Å². The summed E-state index contributed by atoms with van der Waals surface area (Å²) < 4.78 is 2.28. The molecule has 0 saturated heterocycles. The van der Waals surface area contributed by atoms with Crippen LogP contribution in [0.2, 0.25) is 0 Å². The summed E-state index contributed by atoms with van der Waals surface area (Å²) in [4.78, 5) is 6.83. The zero-order chi connectivity index (χ0) is 9.26. The maximum atomic E-state index is 4.33. The van der Waals surface area contributed by atoms with Crippen molar-refractivity contribution in [1.82, 2.24) is 14.5 Å². The molecule has 2 heterocycles. The van der Waals surface area contributed by atoms with Crippen LogP contribution in [0.3, 0.4) is 0 Å². The van der Waals surface area contributed by atoms with Crippen molar-refractivity contribution in [2.75, 3.05) is 13.1 Å². The Hall–Kier alpha value is -0.830. The summed E-state index contributed by atoms with van der Waals surface area (Å²) in [6, 6.07) is 0. The molecule has 1 aromatic rings. The van der Waals surface area contributed by atoms with Crippen LogP contribution >= 0.6 is 0 Å².